The number of allylic oxidation sites excluding steroid dienone is 1. The van der Waals surface area contributed by atoms with E-state index < -0.39 is 39.9 Å². The number of benzene rings is 2. The van der Waals surface area contributed by atoms with Gasteiger partial charge in [-0.1, -0.05) is 41.5 Å². The van der Waals surface area contributed by atoms with Gasteiger partial charge in [0.25, 0.3) is 0 Å². The van der Waals surface area contributed by atoms with E-state index in [0.29, 0.717) is 28.8 Å². The number of alkyl halides is 6. The molecule has 0 radical (unpaired) electrons. The molecule has 0 saturated carbocycles. The van der Waals surface area contributed by atoms with Crippen molar-refractivity contribution in [3.05, 3.63) is 63.7 Å². The molecule has 0 aliphatic heterocycles. The molecule has 1 N–H and O–H groups in total. The highest BCUT2D eigenvalue weighted by Gasteiger charge is 2.37. The number of hydrogen-bond donors (Lipinski definition) is 1. The fourth-order valence-electron chi connectivity index (χ4n) is 3.34. The van der Waals surface area contributed by atoms with Crippen LogP contribution in [0.15, 0.2) is 30.3 Å². The van der Waals surface area contributed by atoms with Crippen LogP contribution in [0.4, 0.5) is 26.3 Å². The number of hydrogen-bond acceptors (Lipinski definition) is 2. The molecule has 2 nitrogen and oxygen atoms in total. The average molecular weight is 469 g/mol. The van der Waals surface area contributed by atoms with Crippen molar-refractivity contribution < 1.29 is 31.4 Å². The second kappa shape index (κ2) is 8.44. The summed E-state index contributed by atoms with van der Waals surface area (Å²) in [5, 5.41) is 20.4. The van der Waals surface area contributed by atoms with Crippen molar-refractivity contribution in [2.45, 2.75) is 64.7 Å². The Kier molecular flexibility index (Phi) is 6.72. The van der Waals surface area contributed by atoms with Gasteiger partial charge in [0.05, 0.1) is 22.8 Å². The number of nitrogens with zero attached hydrogens (tertiary/aromatic N) is 1. The summed E-state index contributed by atoms with van der Waals surface area (Å²) in [6, 6.07) is 5.96. The lowest BCUT2D eigenvalue weighted by Gasteiger charge is -2.28. The van der Waals surface area contributed by atoms with Crippen LogP contribution in [0, 0.1) is 11.3 Å². The lowest BCUT2D eigenvalue weighted by atomic mass is 9.78. The van der Waals surface area contributed by atoms with E-state index in [1.54, 1.807) is 18.2 Å². The van der Waals surface area contributed by atoms with Crippen LogP contribution in [0.25, 0.3) is 11.6 Å². The molecule has 2 aromatic rings. The van der Waals surface area contributed by atoms with Crippen LogP contribution in [0.1, 0.15) is 74.9 Å². The van der Waals surface area contributed by atoms with E-state index in [1.807, 2.05) is 41.5 Å². The third-order valence-corrected chi connectivity index (χ3v) is 5.08. The summed E-state index contributed by atoms with van der Waals surface area (Å²) in [7, 11) is 0. The van der Waals surface area contributed by atoms with Crippen LogP contribution in [-0.4, -0.2) is 5.11 Å². The summed E-state index contributed by atoms with van der Waals surface area (Å²) in [6.07, 6.45) is -8.80. The zero-order chi connectivity index (χ0) is 25.6. The van der Waals surface area contributed by atoms with Crippen LogP contribution in [-0.2, 0) is 23.2 Å². The Morgan fingerprint density at radius 3 is 1.45 bits per heavy atom. The van der Waals surface area contributed by atoms with E-state index in [2.05, 4.69) is 0 Å². The third-order valence-electron chi connectivity index (χ3n) is 5.08. The zero-order valence-electron chi connectivity index (χ0n) is 19.1. The first kappa shape index (κ1) is 26.3. The molecule has 0 unspecified atom stereocenters. The minimum absolute atomic E-state index is 0.0223. The molecule has 0 fully saturated rings. The fraction of sp³-hybridized carbons (Fsp3) is 0.400. The van der Waals surface area contributed by atoms with Crippen LogP contribution in [0.5, 0.6) is 5.75 Å². The maximum Gasteiger partial charge on any atom is 0.416 e. The van der Waals surface area contributed by atoms with Gasteiger partial charge in [0.1, 0.15) is 5.75 Å². The smallest absolute Gasteiger partial charge is 0.416 e. The minimum atomic E-state index is -5.02. The van der Waals surface area contributed by atoms with Crippen molar-refractivity contribution in [3.8, 4) is 11.8 Å². The Morgan fingerprint density at radius 1 is 0.758 bits per heavy atom. The van der Waals surface area contributed by atoms with Gasteiger partial charge in [-0.15, -0.1) is 0 Å². The summed E-state index contributed by atoms with van der Waals surface area (Å²) in [4.78, 5) is 0. The van der Waals surface area contributed by atoms with Crippen LogP contribution >= 0.6 is 0 Å². The van der Waals surface area contributed by atoms with Gasteiger partial charge in [0, 0.05) is 11.1 Å². The first-order valence-corrected chi connectivity index (χ1v) is 10.0. The van der Waals surface area contributed by atoms with Crippen molar-refractivity contribution in [2.24, 2.45) is 0 Å². The van der Waals surface area contributed by atoms with E-state index in [-0.39, 0.29) is 17.4 Å². The van der Waals surface area contributed by atoms with E-state index in [0.717, 1.165) is 0 Å². The standard InChI is InChI=1S/C25H25F6NO/c1-22(2,3)19-8-14(9-20(21(19)33)23(4,5)6)7-16(13-32)15-10-17(24(26,27)28)12-18(11-15)25(29,30)31/h7-12,33H,1-6H3/b16-7+. The SMILES string of the molecule is CC(C)(C)c1cc(/C=C(\C#N)c2cc(C(F)(F)F)cc(C(F)(F)F)c2)cc(C(C)(C)C)c1O. The fourth-order valence-corrected chi connectivity index (χ4v) is 3.34. The molecule has 178 valence electrons. The molecule has 0 heterocycles. The Balaban J connectivity index is 2.83. The van der Waals surface area contributed by atoms with Crippen LogP contribution in [0.3, 0.4) is 0 Å². The quantitative estimate of drug-likeness (QED) is 0.274. The number of nitriles is 1. The van der Waals surface area contributed by atoms with Gasteiger partial charge in [-0.25, -0.2) is 0 Å². The van der Waals surface area contributed by atoms with Gasteiger partial charge in [-0.05, 0) is 58.4 Å². The predicted octanol–water partition coefficient (Wildman–Crippen LogP) is 8.09. The normalized spacial score (nSPS) is 13.7. The van der Waals surface area contributed by atoms with E-state index in [9.17, 15) is 36.7 Å². The molecule has 0 aliphatic carbocycles. The van der Waals surface area contributed by atoms with Gasteiger partial charge in [0.15, 0.2) is 0 Å². The van der Waals surface area contributed by atoms with Crippen molar-refractivity contribution >= 4 is 11.6 Å². The maximum atomic E-state index is 13.2. The van der Waals surface area contributed by atoms with Gasteiger partial charge >= 0.3 is 12.4 Å². The van der Waals surface area contributed by atoms with Crippen molar-refractivity contribution in [1.82, 2.24) is 0 Å². The highest BCUT2D eigenvalue weighted by Crippen LogP contribution is 2.41. The molecule has 33 heavy (non-hydrogen) atoms. The van der Waals surface area contributed by atoms with Crippen LogP contribution < -0.4 is 0 Å². The molecular formula is C25H25F6NO. The lowest BCUT2D eigenvalue weighted by Crippen LogP contribution is -2.17. The van der Waals surface area contributed by atoms with Crippen LogP contribution in [0.2, 0.25) is 0 Å². The summed E-state index contributed by atoms with van der Waals surface area (Å²) < 4.78 is 79.5. The topological polar surface area (TPSA) is 44.0 Å². The molecule has 2 aromatic carbocycles. The lowest BCUT2D eigenvalue weighted by molar-refractivity contribution is -0.143. The monoisotopic (exact) mass is 469 g/mol. The molecule has 0 aliphatic rings. The van der Waals surface area contributed by atoms with Gasteiger partial charge in [0.2, 0.25) is 0 Å². The largest absolute Gasteiger partial charge is 0.507 e. The number of phenolic OH excluding ortho intramolecular Hbond substituents is 1. The van der Waals surface area contributed by atoms with E-state index in [1.165, 1.54) is 6.08 Å². The Morgan fingerprint density at radius 2 is 1.15 bits per heavy atom. The number of halogens is 6. The molecule has 0 aromatic heterocycles. The summed E-state index contributed by atoms with van der Waals surface area (Å²) in [6.45, 7) is 11.1. The molecular weight excluding hydrogens is 444 g/mol. The Hall–Kier alpha value is -2.95. The molecule has 0 spiro atoms. The summed E-state index contributed by atoms with van der Waals surface area (Å²) >= 11 is 0. The van der Waals surface area contributed by atoms with Crippen molar-refractivity contribution in [3.63, 3.8) is 0 Å². The predicted molar refractivity (Wildman–Crippen MR) is 115 cm³/mol. The highest BCUT2D eigenvalue weighted by atomic mass is 19.4. The Bertz CT molecular complexity index is 1050. The molecule has 0 saturated heterocycles. The number of phenols is 1. The molecule has 0 bridgehead atoms. The van der Waals surface area contributed by atoms with E-state index in [4.69, 9.17) is 0 Å². The van der Waals surface area contributed by atoms with Crippen molar-refractivity contribution in [1.29, 1.82) is 5.26 Å². The molecule has 2 rings (SSSR count). The second-order valence-electron chi connectivity index (χ2n) is 9.93. The number of aromatic hydroxyl groups is 1. The Labute approximate surface area is 189 Å². The van der Waals surface area contributed by atoms with E-state index >= 15 is 0 Å². The van der Waals surface area contributed by atoms with Gasteiger partial charge in [-0.3, -0.25) is 0 Å². The first-order valence-electron chi connectivity index (χ1n) is 10.0. The van der Waals surface area contributed by atoms with Gasteiger partial charge < -0.3 is 5.11 Å². The minimum Gasteiger partial charge on any atom is -0.507 e. The zero-order valence-corrected chi connectivity index (χ0v) is 19.1. The molecule has 0 amide bonds. The second-order valence-corrected chi connectivity index (χ2v) is 9.93. The number of rotatable bonds is 2. The maximum absolute atomic E-state index is 13.2. The van der Waals surface area contributed by atoms with Gasteiger partial charge in [-0.2, -0.15) is 31.6 Å². The molecule has 0 atom stereocenters. The summed E-state index contributed by atoms with van der Waals surface area (Å²) in [5.74, 6) is 0.0593. The summed E-state index contributed by atoms with van der Waals surface area (Å²) in [5.41, 5.74) is -3.42. The third kappa shape index (κ3) is 6.10. The average Bonchev–Trinajstić information content (AvgIpc) is 2.63. The molecule has 8 heteroatoms. The first-order chi connectivity index (χ1) is 14.7. The highest BCUT2D eigenvalue weighted by molar-refractivity contribution is 5.90. The van der Waals surface area contributed by atoms with Crippen molar-refractivity contribution in [2.75, 3.05) is 0 Å².